The SMILES string of the molecule is CC(COC(=O)CCC/C=C\C[C@H]1[C@H](CCC(O)CCc2ccccc2)[C@@H](O)C[C@H]1O)O[N+](=O)[O-]. The molecule has 0 radical (unpaired) electrons. The normalized spacial score (nSPS) is 23.8. The van der Waals surface area contributed by atoms with Gasteiger partial charge in [0.15, 0.2) is 0 Å². The minimum absolute atomic E-state index is 0.0561. The van der Waals surface area contributed by atoms with E-state index in [1.807, 2.05) is 42.5 Å². The Morgan fingerprint density at radius 3 is 2.60 bits per heavy atom. The van der Waals surface area contributed by atoms with Gasteiger partial charge in [0.05, 0.1) is 18.3 Å². The molecule has 1 aliphatic carbocycles. The Morgan fingerprint density at radius 1 is 1.17 bits per heavy atom. The van der Waals surface area contributed by atoms with E-state index >= 15 is 0 Å². The molecule has 1 fully saturated rings. The second kappa shape index (κ2) is 15.5. The van der Waals surface area contributed by atoms with Crippen molar-refractivity contribution in [2.24, 2.45) is 11.8 Å². The van der Waals surface area contributed by atoms with Gasteiger partial charge in [-0.3, -0.25) is 4.79 Å². The first-order valence-corrected chi connectivity index (χ1v) is 12.5. The van der Waals surface area contributed by atoms with Crippen LogP contribution < -0.4 is 0 Å². The van der Waals surface area contributed by atoms with Gasteiger partial charge in [0.1, 0.15) is 12.7 Å². The Morgan fingerprint density at radius 2 is 1.89 bits per heavy atom. The van der Waals surface area contributed by atoms with Crippen LogP contribution in [0.1, 0.15) is 63.9 Å². The van der Waals surface area contributed by atoms with Crippen molar-refractivity contribution < 1.29 is 34.8 Å². The second-order valence-corrected chi connectivity index (χ2v) is 9.38. The van der Waals surface area contributed by atoms with Gasteiger partial charge >= 0.3 is 5.97 Å². The van der Waals surface area contributed by atoms with Crippen molar-refractivity contribution in [1.82, 2.24) is 0 Å². The molecule has 0 heterocycles. The first-order valence-electron chi connectivity index (χ1n) is 12.5. The zero-order valence-corrected chi connectivity index (χ0v) is 20.4. The average Bonchev–Trinajstić information content (AvgIpc) is 3.09. The van der Waals surface area contributed by atoms with Crippen LogP contribution in [0.4, 0.5) is 0 Å². The second-order valence-electron chi connectivity index (χ2n) is 9.38. The lowest BCUT2D eigenvalue weighted by Crippen LogP contribution is -2.23. The van der Waals surface area contributed by atoms with E-state index in [0.29, 0.717) is 44.9 Å². The van der Waals surface area contributed by atoms with Gasteiger partial charge in [-0.25, -0.2) is 0 Å². The highest BCUT2D eigenvalue weighted by Crippen LogP contribution is 2.38. The number of hydrogen-bond acceptors (Lipinski definition) is 8. The molecule has 0 saturated heterocycles. The van der Waals surface area contributed by atoms with E-state index in [2.05, 4.69) is 4.84 Å². The lowest BCUT2D eigenvalue weighted by molar-refractivity contribution is -0.767. The molecule has 0 amide bonds. The van der Waals surface area contributed by atoms with Crippen LogP contribution in [0.25, 0.3) is 0 Å². The van der Waals surface area contributed by atoms with Gasteiger partial charge in [-0.2, -0.15) is 0 Å². The number of hydrogen-bond donors (Lipinski definition) is 3. The minimum Gasteiger partial charge on any atom is -0.463 e. The molecule has 0 bridgehead atoms. The predicted molar refractivity (Wildman–Crippen MR) is 130 cm³/mol. The predicted octanol–water partition coefficient (Wildman–Crippen LogP) is 3.37. The first kappa shape index (κ1) is 28.7. The molecule has 2 rings (SSSR count). The summed E-state index contributed by atoms with van der Waals surface area (Å²) < 4.78 is 4.95. The first-order chi connectivity index (χ1) is 16.8. The molecule has 9 heteroatoms. The fraction of sp³-hybridized carbons (Fsp3) is 0.654. The van der Waals surface area contributed by atoms with Gasteiger partial charge in [-0.05, 0) is 75.7 Å². The zero-order chi connectivity index (χ0) is 25.6. The van der Waals surface area contributed by atoms with Crippen LogP contribution in [0.15, 0.2) is 42.5 Å². The number of ether oxygens (including phenoxy) is 1. The van der Waals surface area contributed by atoms with Crippen molar-refractivity contribution in [3.8, 4) is 0 Å². The highest BCUT2D eigenvalue weighted by molar-refractivity contribution is 5.69. The Labute approximate surface area is 206 Å². The molecule has 1 aromatic carbocycles. The van der Waals surface area contributed by atoms with Crippen molar-refractivity contribution in [2.45, 2.75) is 89.1 Å². The molecular formula is C26H39NO8. The highest BCUT2D eigenvalue weighted by Gasteiger charge is 2.40. The number of aliphatic hydroxyl groups excluding tert-OH is 3. The van der Waals surface area contributed by atoms with Gasteiger partial charge in [0.2, 0.25) is 0 Å². The van der Waals surface area contributed by atoms with E-state index in [0.717, 1.165) is 6.42 Å². The molecule has 2 unspecified atom stereocenters. The molecule has 1 saturated carbocycles. The quantitative estimate of drug-likeness (QED) is 0.105. The molecule has 35 heavy (non-hydrogen) atoms. The summed E-state index contributed by atoms with van der Waals surface area (Å²) in [6, 6.07) is 10.0. The third kappa shape index (κ3) is 11.2. The summed E-state index contributed by atoms with van der Waals surface area (Å²) in [5.74, 6) is -0.549. The molecule has 0 spiro atoms. The van der Waals surface area contributed by atoms with Gasteiger partial charge in [-0.1, -0.05) is 42.5 Å². The van der Waals surface area contributed by atoms with Crippen LogP contribution in [0, 0.1) is 22.0 Å². The maximum absolute atomic E-state index is 11.7. The smallest absolute Gasteiger partial charge is 0.305 e. The number of carbonyl (C=O) groups is 1. The van der Waals surface area contributed by atoms with Gasteiger partial charge < -0.3 is 24.9 Å². The van der Waals surface area contributed by atoms with Gasteiger partial charge in [0.25, 0.3) is 5.09 Å². The summed E-state index contributed by atoms with van der Waals surface area (Å²) in [5.41, 5.74) is 1.19. The molecule has 196 valence electrons. The van der Waals surface area contributed by atoms with Crippen molar-refractivity contribution >= 4 is 5.97 Å². The molecule has 6 atom stereocenters. The maximum Gasteiger partial charge on any atom is 0.305 e. The molecule has 3 N–H and O–H groups in total. The molecule has 9 nitrogen and oxygen atoms in total. The fourth-order valence-corrected chi connectivity index (χ4v) is 4.61. The topological polar surface area (TPSA) is 139 Å². The summed E-state index contributed by atoms with van der Waals surface area (Å²) in [6.07, 6.45) is 6.69. The lowest BCUT2D eigenvalue weighted by atomic mass is 9.85. The van der Waals surface area contributed by atoms with E-state index in [4.69, 9.17) is 4.74 Å². The number of nitrogens with zero attached hydrogens (tertiary/aromatic N) is 1. The van der Waals surface area contributed by atoms with Crippen LogP contribution in [-0.2, 0) is 20.8 Å². The number of allylic oxidation sites excluding steroid dienone is 2. The van der Waals surface area contributed by atoms with Crippen molar-refractivity contribution in [3.05, 3.63) is 58.2 Å². The average molecular weight is 494 g/mol. The number of esters is 1. The van der Waals surface area contributed by atoms with E-state index in [-0.39, 0.29) is 24.9 Å². The van der Waals surface area contributed by atoms with Crippen LogP contribution in [0.2, 0.25) is 0 Å². The van der Waals surface area contributed by atoms with Gasteiger partial charge in [-0.15, -0.1) is 10.1 Å². The fourth-order valence-electron chi connectivity index (χ4n) is 4.61. The summed E-state index contributed by atoms with van der Waals surface area (Å²) in [6.45, 7) is 1.28. The number of benzene rings is 1. The zero-order valence-electron chi connectivity index (χ0n) is 20.4. The Balaban J connectivity index is 1.65. The third-order valence-electron chi connectivity index (χ3n) is 6.54. The highest BCUT2D eigenvalue weighted by atomic mass is 17.0. The van der Waals surface area contributed by atoms with Crippen LogP contribution >= 0.6 is 0 Å². The van der Waals surface area contributed by atoms with Crippen molar-refractivity contribution in [1.29, 1.82) is 0 Å². The van der Waals surface area contributed by atoms with E-state index in [9.17, 15) is 30.2 Å². The van der Waals surface area contributed by atoms with Crippen LogP contribution in [-0.4, -0.2) is 57.4 Å². The largest absolute Gasteiger partial charge is 0.463 e. The monoisotopic (exact) mass is 493 g/mol. The lowest BCUT2D eigenvalue weighted by Gasteiger charge is -2.23. The summed E-state index contributed by atoms with van der Waals surface area (Å²) in [4.78, 5) is 26.2. The van der Waals surface area contributed by atoms with E-state index in [1.54, 1.807) is 0 Å². The van der Waals surface area contributed by atoms with Crippen molar-refractivity contribution in [2.75, 3.05) is 6.61 Å². The number of carbonyl (C=O) groups excluding carboxylic acids is 1. The van der Waals surface area contributed by atoms with Crippen molar-refractivity contribution in [3.63, 3.8) is 0 Å². The van der Waals surface area contributed by atoms with Crippen LogP contribution in [0.5, 0.6) is 0 Å². The Kier molecular flexibility index (Phi) is 12.7. The summed E-state index contributed by atoms with van der Waals surface area (Å²) in [7, 11) is 0. The molecular weight excluding hydrogens is 454 g/mol. The third-order valence-corrected chi connectivity index (χ3v) is 6.54. The summed E-state index contributed by atoms with van der Waals surface area (Å²) in [5, 5.41) is 40.5. The van der Waals surface area contributed by atoms with E-state index < -0.39 is 35.5 Å². The Bertz CT molecular complexity index is 787. The molecule has 0 aliphatic heterocycles. The molecule has 1 aliphatic rings. The standard InChI is InChI=1S/C26H39NO8/c1-19(35-27(32)33)18-34-26(31)12-8-3-2-7-11-22-23(25(30)17-24(22)29)16-15-21(28)14-13-20-9-5-4-6-10-20/h2,4-7,9-10,19,21-25,28-30H,3,8,11-18H2,1H3/b7-2-/t19?,21?,22-,23-,24+,25-/m0/s1. The maximum atomic E-state index is 11.7. The minimum atomic E-state index is -0.914. The number of rotatable bonds is 16. The summed E-state index contributed by atoms with van der Waals surface area (Å²) >= 11 is 0. The van der Waals surface area contributed by atoms with E-state index in [1.165, 1.54) is 12.5 Å². The molecule has 1 aromatic rings. The van der Waals surface area contributed by atoms with Crippen LogP contribution in [0.3, 0.4) is 0 Å². The Hall–Kier alpha value is -2.49. The number of aryl methyl sites for hydroxylation is 1. The number of aliphatic hydroxyl groups is 3. The van der Waals surface area contributed by atoms with Gasteiger partial charge in [0, 0.05) is 6.42 Å². The molecule has 0 aromatic heterocycles. The number of unbranched alkanes of at least 4 members (excludes halogenated alkanes) is 1.